The van der Waals surface area contributed by atoms with E-state index < -0.39 is 0 Å². The van der Waals surface area contributed by atoms with Crippen LogP contribution in [0.2, 0.25) is 0 Å². The monoisotopic (exact) mass is 379 g/mol. The summed E-state index contributed by atoms with van der Waals surface area (Å²) in [5, 5.41) is 6.18. The average molecular weight is 380 g/mol. The van der Waals surface area contributed by atoms with E-state index in [2.05, 4.69) is 22.8 Å². The summed E-state index contributed by atoms with van der Waals surface area (Å²) in [6.45, 7) is 3.38. The Morgan fingerprint density at radius 2 is 1.61 bits per heavy atom. The maximum absolute atomic E-state index is 12.5. The van der Waals surface area contributed by atoms with Crippen molar-refractivity contribution in [1.29, 1.82) is 0 Å². The molecule has 1 heterocycles. The van der Waals surface area contributed by atoms with Crippen LogP contribution in [0.1, 0.15) is 42.1 Å². The number of piperidine rings is 1. The minimum atomic E-state index is -0.0435. The molecule has 0 saturated carbocycles. The van der Waals surface area contributed by atoms with Gasteiger partial charge in [0.15, 0.2) is 0 Å². The second kappa shape index (κ2) is 9.93. The molecule has 1 atom stereocenters. The number of benzene rings is 2. The van der Waals surface area contributed by atoms with E-state index in [4.69, 9.17) is 0 Å². The predicted molar refractivity (Wildman–Crippen MR) is 111 cm³/mol. The van der Waals surface area contributed by atoms with Crippen molar-refractivity contribution in [1.82, 2.24) is 15.5 Å². The Kier molecular flexibility index (Phi) is 7.06. The third-order valence-electron chi connectivity index (χ3n) is 5.23. The Bertz CT molecular complexity index is 756. The zero-order valence-corrected chi connectivity index (χ0v) is 16.4. The molecule has 0 radical (unpaired) electrons. The first-order valence-electron chi connectivity index (χ1n) is 10.1. The Labute approximate surface area is 167 Å². The van der Waals surface area contributed by atoms with Gasteiger partial charge in [-0.25, -0.2) is 4.79 Å². The third-order valence-corrected chi connectivity index (χ3v) is 5.23. The zero-order valence-electron chi connectivity index (χ0n) is 16.4. The van der Waals surface area contributed by atoms with Crippen LogP contribution in [0.4, 0.5) is 4.79 Å². The molecule has 28 heavy (non-hydrogen) atoms. The summed E-state index contributed by atoms with van der Waals surface area (Å²) in [5.74, 6) is -0.0435. The van der Waals surface area contributed by atoms with Crippen LogP contribution in [0.15, 0.2) is 60.7 Å². The molecule has 0 spiro atoms. The second-order valence-corrected chi connectivity index (χ2v) is 7.48. The number of amides is 3. The first-order valence-corrected chi connectivity index (χ1v) is 10.1. The largest absolute Gasteiger partial charge is 0.349 e. The number of aryl methyl sites for hydroxylation is 1. The Morgan fingerprint density at radius 1 is 1.00 bits per heavy atom. The van der Waals surface area contributed by atoms with Crippen molar-refractivity contribution < 1.29 is 9.59 Å². The molecule has 1 aliphatic heterocycles. The Hall–Kier alpha value is -2.82. The number of nitrogens with zero attached hydrogens (tertiary/aromatic N) is 1. The quantitative estimate of drug-likeness (QED) is 0.805. The van der Waals surface area contributed by atoms with Gasteiger partial charge < -0.3 is 15.5 Å². The highest BCUT2D eigenvalue weighted by molar-refractivity contribution is 5.94. The van der Waals surface area contributed by atoms with Crippen molar-refractivity contribution in [3.05, 3.63) is 71.8 Å². The number of rotatable bonds is 6. The minimum absolute atomic E-state index is 0.00611. The third kappa shape index (κ3) is 5.84. The van der Waals surface area contributed by atoms with Crippen LogP contribution in [0.3, 0.4) is 0 Å². The summed E-state index contributed by atoms with van der Waals surface area (Å²) in [4.78, 5) is 26.6. The van der Waals surface area contributed by atoms with E-state index in [1.54, 1.807) is 0 Å². The number of carbonyl (C=O) groups excluding carboxylic acids is 2. The van der Waals surface area contributed by atoms with E-state index in [0.717, 1.165) is 25.7 Å². The molecule has 1 saturated heterocycles. The van der Waals surface area contributed by atoms with Gasteiger partial charge in [0.1, 0.15) is 0 Å². The first kappa shape index (κ1) is 19.9. The van der Waals surface area contributed by atoms with Crippen molar-refractivity contribution in [2.45, 2.75) is 44.7 Å². The van der Waals surface area contributed by atoms with Gasteiger partial charge in [-0.05, 0) is 50.3 Å². The fourth-order valence-corrected chi connectivity index (χ4v) is 3.49. The molecule has 5 nitrogen and oxygen atoms in total. The zero-order chi connectivity index (χ0) is 19.8. The first-order chi connectivity index (χ1) is 13.6. The highest BCUT2D eigenvalue weighted by Gasteiger charge is 2.24. The van der Waals surface area contributed by atoms with E-state index in [1.165, 1.54) is 5.56 Å². The molecule has 3 amide bonds. The van der Waals surface area contributed by atoms with Gasteiger partial charge in [-0.2, -0.15) is 0 Å². The van der Waals surface area contributed by atoms with Gasteiger partial charge in [-0.3, -0.25) is 4.79 Å². The highest BCUT2D eigenvalue weighted by Crippen LogP contribution is 2.12. The summed E-state index contributed by atoms with van der Waals surface area (Å²) in [6.07, 6.45) is 3.43. The topological polar surface area (TPSA) is 61.4 Å². The van der Waals surface area contributed by atoms with Crippen molar-refractivity contribution in [2.75, 3.05) is 13.1 Å². The smallest absolute Gasteiger partial charge is 0.317 e. The second-order valence-electron chi connectivity index (χ2n) is 7.48. The molecule has 5 heteroatoms. The molecule has 148 valence electrons. The lowest BCUT2D eigenvalue weighted by Crippen LogP contribution is -2.51. The summed E-state index contributed by atoms with van der Waals surface area (Å²) in [6, 6.07) is 19.8. The standard InChI is InChI=1S/C23H29N3O2/c1-18(12-13-19-8-4-2-5-9-19)24-23(28)26-16-14-21(15-17-26)25-22(27)20-10-6-3-7-11-20/h2-11,18,21H,12-17H2,1H3,(H,24,28)(H,25,27). The number of carbonyl (C=O) groups is 2. The van der Waals surface area contributed by atoms with Gasteiger partial charge in [-0.15, -0.1) is 0 Å². The number of urea groups is 1. The molecule has 1 aliphatic rings. The molecule has 2 aromatic rings. The van der Waals surface area contributed by atoms with Gasteiger partial charge in [-0.1, -0.05) is 48.5 Å². The number of likely N-dealkylation sites (tertiary alicyclic amines) is 1. The van der Waals surface area contributed by atoms with E-state index in [9.17, 15) is 9.59 Å². The molecule has 0 bridgehead atoms. The van der Waals surface area contributed by atoms with Crippen LogP contribution in [-0.2, 0) is 6.42 Å². The maximum Gasteiger partial charge on any atom is 0.317 e. The lowest BCUT2D eigenvalue weighted by molar-refractivity contribution is 0.0917. The molecule has 3 rings (SSSR count). The lowest BCUT2D eigenvalue weighted by Gasteiger charge is -2.33. The normalized spacial score (nSPS) is 15.7. The molecule has 0 aromatic heterocycles. The fourth-order valence-electron chi connectivity index (χ4n) is 3.49. The molecule has 1 unspecified atom stereocenters. The average Bonchev–Trinajstić information content (AvgIpc) is 2.74. The predicted octanol–water partition coefficient (Wildman–Crippen LogP) is 3.61. The Morgan fingerprint density at radius 3 is 2.25 bits per heavy atom. The number of hydrogen-bond acceptors (Lipinski definition) is 2. The molecule has 2 aromatic carbocycles. The summed E-state index contributed by atoms with van der Waals surface area (Å²) in [7, 11) is 0. The maximum atomic E-state index is 12.5. The molecule has 1 fully saturated rings. The van der Waals surface area contributed by atoms with E-state index >= 15 is 0 Å². The van der Waals surface area contributed by atoms with Gasteiger partial charge in [0.05, 0.1) is 0 Å². The Balaban J connectivity index is 1.38. The van der Waals surface area contributed by atoms with Crippen molar-refractivity contribution in [3.63, 3.8) is 0 Å². The summed E-state index contributed by atoms with van der Waals surface area (Å²) >= 11 is 0. The van der Waals surface area contributed by atoms with Crippen molar-refractivity contribution in [2.24, 2.45) is 0 Å². The fraction of sp³-hybridized carbons (Fsp3) is 0.391. The number of hydrogen-bond donors (Lipinski definition) is 2. The van der Waals surface area contributed by atoms with Crippen LogP contribution in [0, 0.1) is 0 Å². The van der Waals surface area contributed by atoms with Gasteiger partial charge in [0, 0.05) is 30.7 Å². The van der Waals surface area contributed by atoms with Crippen LogP contribution < -0.4 is 10.6 Å². The molecular weight excluding hydrogens is 350 g/mol. The lowest BCUT2D eigenvalue weighted by atomic mass is 10.0. The SMILES string of the molecule is CC(CCc1ccccc1)NC(=O)N1CCC(NC(=O)c2ccccc2)CC1. The summed E-state index contributed by atoms with van der Waals surface area (Å²) < 4.78 is 0. The highest BCUT2D eigenvalue weighted by atomic mass is 16.2. The molecule has 0 aliphatic carbocycles. The molecule has 2 N–H and O–H groups in total. The van der Waals surface area contributed by atoms with E-state index in [0.29, 0.717) is 18.7 Å². The van der Waals surface area contributed by atoms with Gasteiger partial charge >= 0.3 is 6.03 Å². The number of nitrogens with one attached hydrogen (secondary N) is 2. The van der Waals surface area contributed by atoms with Crippen molar-refractivity contribution >= 4 is 11.9 Å². The van der Waals surface area contributed by atoms with E-state index in [1.807, 2.05) is 60.4 Å². The van der Waals surface area contributed by atoms with Gasteiger partial charge in [0.2, 0.25) is 0 Å². The van der Waals surface area contributed by atoms with Crippen LogP contribution >= 0.6 is 0 Å². The van der Waals surface area contributed by atoms with Crippen molar-refractivity contribution in [3.8, 4) is 0 Å². The van der Waals surface area contributed by atoms with Gasteiger partial charge in [0.25, 0.3) is 5.91 Å². The summed E-state index contributed by atoms with van der Waals surface area (Å²) in [5.41, 5.74) is 1.97. The van der Waals surface area contributed by atoms with Crippen LogP contribution in [0.5, 0.6) is 0 Å². The van der Waals surface area contributed by atoms with Crippen LogP contribution in [-0.4, -0.2) is 42.0 Å². The molecular formula is C23H29N3O2. The van der Waals surface area contributed by atoms with E-state index in [-0.39, 0.29) is 24.0 Å². The van der Waals surface area contributed by atoms with Crippen LogP contribution in [0.25, 0.3) is 0 Å². The minimum Gasteiger partial charge on any atom is -0.349 e.